The molecule has 1 atom stereocenters. The van der Waals surface area contributed by atoms with Crippen LogP contribution in [0.2, 0.25) is 0 Å². The van der Waals surface area contributed by atoms with E-state index in [2.05, 4.69) is 25.3 Å². The van der Waals surface area contributed by atoms with Crippen molar-refractivity contribution in [3.63, 3.8) is 0 Å². The van der Waals surface area contributed by atoms with Gasteiger partial charge in [-0.15, -0.1) is 25.3 Å². The van der Waals surface area contributed by atoms with Gasteiger partial charge in [0.05, 0.1) is 6.26 Å². The molecule has 1 aliphatic heterocycles. The number of nitriles is 1. The smallest absolute Gasteiger partial charge is 0.242 e. The molecular formula is C5H5NOS2. The standard InChI is InChI=1S/C5H5NOS2/c6-3-5(9)1-4(8)2-7-5/h2,8-9H,1H2. The summed E-state index contributed by atoms with van der Waals surface area (Å²) >= 11 is 7.95. The summed E-state index contributed by atoms with van der Waals surface area (Å²) in [5, 5.41) is 8.42. The van der Waals surface area contributed by atoms with Crippen LogP contribution in [0.1, 0.15) is 6.42 Å². The second kappa shape index (κ2) is 2.16. The molecule has 0 N–H and O–H groups in total. The van der Waals surface area contributed by atoms with Crippen LogP contribution in [0.3, 0.4) is 0 Å². The summed E-state index contributed by atoms with van der Waals surface area (Å²) in [6.45, 7) is 0. The Morgan fingerprint density at radius 3 is 2.78 bits per heavy atom. The monoisotopic (exact) mass is 159 g/mol. The van der Waals surface area contributed by atoms with Crippen LogP contribution < -0.4 is 0 Å². The largest absolute Gasteiger partial charge is 0.470 e. The molecule has 2 nitrogen and oxygen atoms in total. The Labute approximate surface area is 64.3 Å². The normalized spacial score (nSPS) is 32.8. The molecule has 1 aliphatic rings. The number of hydrogen-bond acceptors (Lipinski definition) is 4. The summed E-state index contributed by atoms with van der Waals surface area (Å²) < 4.78 is 4.87. The quantitative estimate of drug-likeness (QED) is 0.523. The molecule has 9 heavy (non-hydrogen) atoms. The molecule has 0 aliphatic carbocycles. The first-order valence-electron chi connectivity index (χ1n) is 2.36. The molecule has 0 aromatic rings. The minimum Gasteiger partial charge on any atom is -0.470 e. The zero-order chi connectivity index (χ0) is 6.91. The van der Waals surface area contributed by atoms with E-state index in [-0.39, 0.29) is 0 Å². The summed E-state index contributed by atoms with van der Waals surface area (Å²) in [4.78, 5) is -0.205. The van der Waals surface area contributed by atoms with Crippen LogP contribution >= 0.6 is 25.3 Å². The molecule has 0 bridgehead atoms. The maximum absolute atomic E-state index is 8.42. The van der Waals surface area contributed by atoms with Gasteiger partial charge < -0.3 is 4.74 Å². The lowest BCUT2D eigenvalue weighted by atomic mass is 10.3. The van der Waals surface area contributed by atoms with Crippen LogP contribution in [-0.2, 0) is 4.74 Å². The average molecular weight is 159 g/mol. The van der Waals surface area contributed by atoms with E-state index < -0.39 is 4.93 Å². The van der Waals surface area contributed by atoms with Gasteiger partial charge in [-0.05, 0) is 0 Å². The number of hydrogen-bond donors (Lipinski definition) is 2. The zero-order valence-electron chi connectivity index (χ0n) is 4.53. The molecule has 0 aromatic heterocycles. The van der Waals surface area contributed by atoms with E-state index in [9.17, 15) is 0 Å². The Hall–Kier alpha value is -0.270. The highest BCUT2D eigenvalue weighted by atomic mass is 32.1. The van der Waals surface area contributed by atoms with E-state index in [1.807, 2.05) is 6.07 Å². The van der Waals surface area contributed by atoms with Crippen LogP contribution in [0.25, 0.3) is 0 Å². The summed E-state index contributed by atoms with van der Waals surface area (Å²) in [7, 11) is 0. The fourth-order valence-electron chi connectivity index (χ4n) is 0.560. The molecule has 1 unspecified atom stereocenters. The van der Waals surface area contributed by atoms with Gasteiger partial charge in [-0.1, -0.05) is 0 Å². The highest BCUT2D eigenvalue weighted by molar-refractivity contribution is 7.85. The predicted molar refractivity (Wildman–Crippen MR) is 40.1 cm³/mol. The Morgan fingerprint density at radius 1 is 1.89 bits per heavy atom. The van der Waals surface area contributed by atoms with E-state index in [0.717, 1.165) is 4.91 Å². The minimum atomic E-state index is -0.961. The SMILES string of the molecule is N#CC1(S)CC(S)=CO1. The van der Waals surface area contributed by atoms with Crippen LogP contribution in [-0.4, -0.2) is 4.93 Å². The molecule has 0 fully saturated rings. The average Bonchev–Trinajstić information content (AvgIpc) is 2.13. The van der Waals surface area contributed by atoms with Crippen molar-refractivity contribution in [1.29, 1.82) is 5.26 Å². The van der Waals surface area contributed by atoms with Crippen molar-refractivity contribution in [2.45, 2.75) is 11.4 Å². The van der Waals surface area contributed by atoms with E-state index in [1.54, 1.807) is 0 Å². The van der Waals surface area contributed by atoms with Crippen molar-refractivity contribution in [1.82, 2.24) is 0 Å². The topological polar surface area (TPSA) is 33.0 Å². The maximum Gasteiger partial charge on any atom is 0.242 e. The molecule has 0 aromatic carbocycles. The van der Waals surface area contributed by atoms with Gasteiger partial charge in [0.25, 0.3) is 0 Å². The molecule has 0 amide bonds. The molecule has 0 spiro atoms. The van der Waals surface area contributed by atoms with Crippen LogP contribution in [0.4, 0.5) is 0 Å². The van der Waals surface area contributed by atoms with E-state index in [4.69, 9.17) is 10.00 Å². The van der Waals surface area contributed by atoms with E-state index >= 15 is 0 Å². The third kappa shape index (κ3) is 1.35. The lowest BCUT2D eigenvalue weighted by Gasteiger charge is -2.10. The van der Waals surface area contributed by atoms with Gasteiger partial charge in [0.15, 0.2) is 0 Å². The molecule has 0 saturated carbocycles. The van der Waals surface area contributed by atoms with Crippen molar-refractivity contribution in [2.24, 2.45) is 0 Å². The van der Waals surface area contributed by atoms with Crippen molar-refractivity contribution in [3.8, 4) is 6.07 Å². The first-order valence-corrected chi connectivity index (χ1v) is 3.25. The molecule has 0 saturated heterocycles. The summed E-state index contributed by atoms with van der Waals surface area (Å²) in [5.74, 6) is 0. The molecule has 1 heterocycles. The lowest BCUT2D eigenvalue weighted by molar-refractivity contribution is 0.191. The van der Waals surface area contributed by atoms with Gasteiger partial charge in [0.2, 0.25) is 4.93 Å². The van der Waals surface area contributed by atoms with Crippen molar-refractivity contribution in [3.05, 3.63) is 11.2 Å². The summed E-state index contributed by atoms with van der Waals surface area (Å²) in [6, 6.07) is 1.91. The Morgan fingerprint density at radius 2 is 2.56 bits per heavy atom. The first-order chi connectivity index (χ1) is 4.16. The molecular weight excluding hydrogens is 154 g/mol. The van der Waals surface area contributed by atoms with Gasteiger partial charge in [0.1, 0.15) is 6.07 Å². The van der Waals surface area contributed by atoms with Gasteiger partial charge in [-0.25, -0.2) is 0 Å². The number of nitrogens with zero attached hydrogens (tertiary/aromatic N) is 1. The van der Waals surface area contributed by atoms with Crippen LogP contribution in [0, 0.1) is 11.3 Å². The molecule has 48 valence electrons. The second-order valence-corrected chi connectivity index (χ2v) is 3.10. The first kappa shape index (κ1) is 6.84. The van der Waals surface area contributed by atoms with Crippen LogP contribution in [0.15, 0.2) is 11.2 Å². The maximum atomic E-state index is 8.42. The third-order valence-corrected chi connectivity index (χ3v) is 1.61. The number of thiol groups is 2. The fraction of sp³-hybridized carbons (Fsp3) is 0.400. The van der Waals surface area contributed by atoms with Gasteiger partial charge in [0, 0.05) is 11.3 Å². The molecule has 1 rings (SSSR count). The predicted octanol–water partition coefficient (Wildman–Crippen LogP) is 1.33. The van der Waals surface area contributed by atoms with Crippen LogP contribution in [0.5, 0.6) is 0 Å². The van der Waals surface area contributed by atoms with Gasteiger partial charge in [-0.2, -0.15) is 5.26 Å². The Bertz CT molecular complexity index is 196. The molecule has 4 heteroatoms. The highest BCUT2D eigenvalue weighted by Crippen LogP contribution is 2.32. The third-order valence-electron chi connectivity index (χ3n) is 0.985. The van der Waals surface area contributed by atoms with Gasteiger partial charge in [-0.3, -0.25) is 0 Å². The van der Waals surface area contributed by atoms with Crippen molar-refractivity contribution < 1.29 is 4.74 Å². The number of ether oxygens (including phenoxy) is 1. The van der Waals surface area contributed by atoms with E-state index in [1.165, 1.54) is 6.26 Å². The highest BCUT2D eigenvalue weighted by Gasteiger charge is 2.31. The number of rotatable bonds is 0. The minimum absolute atomic E-state index is 0.468. The Kier molecular flexibility index (Phi) is 1.64. The lowest BCUT2D eigenvalue weighted by Crippen LogP contribution is -2.15. The summed E-state index contributed by atoms with van der Waals surface area (Å²) in [6.07, 6.45) is 1.91. The van der Waals surface area contributed by atoms with Crippen molar-refractivity contribution in [2.75, 3.05) is 0 Å². The van der Waals surface area contributed by atoms with E-state index in [0.29, 0.717) is 6.42 Å². The van der Waals surface area contributed by atoms with Gasteiger partial charge >= 0.3 is 0 Å². The second-order valence-electron chi connectivity index (χ2n) is 1.80. The summed E-state index contributed by atoms with van der Waals surface area (Å²) in [5.41, 5.74) is 0. The molecule has 0 radical (unpaired) electrons. The van der Waals surface area contributed by atoms with Crippen molar-refractivity contribution >= 4 is 25.3 Å². The zero-order valence-corrected chi connectivity index (χ0v) is 6.32. The Balaban J connectivity index is 2.67. The fourth-order valence-corrected chi connectivity index (χ4v) is 1.18.